The largest absolute Gasteiger partial charge is 0.487 e. The van der Waals surface area contributed by atoms with Gasteiger partial charge in [0.25, 0.3) is 0 Å². The average molecular weight is 489 g/mol. The Morgan fingerprint density at radius 1 is 1.00 bits per heavy atom. The number of ether oxygens (including phenoxy) is 1. The lowest BCUT2D eigenvalue weighted by Gasteiger charge is -2.47. The monoisotopic (exact) mass is 488 g/mol. The molecule has 3 nitrogen and oxygen atoms in total. The molecule has 1 heterocycles. The molecule has 0 amide bonds. The Balaban J connectivity index is 1.74. The van der Waals surface area contributed by atoms with Crippen LogP contribution in [-0.2, 0) is 5.41 Å². The first kappa shape index (κ1) is 25.0. The Labute approximate surface area is 214 Å². The average Bonchev–Trinajstić information content (AvgIpc) is 2.81. The maximum Gasteiger partial charge on any atom is 0.126 e. The molecular formula is C32H37FO3. The molecular weight excluding hydrogens is 451 g/mol. The summed E-state index contributed by atoms with van der Waals surface area (Å²) in [6.45, 7) is 10.7. The quantitative estimate of drug-likeness (QED) is 0.395. The van der Waals surface area contributed by atoms with E-state index in [0.717, 1.165) is 47.1 Å². The highest BCUT2D eigenvalue weighted by atomic mass is 19.1. The second kappa shape index (κ2) is 9.00. The Morgan fingerprint density at radius 3 is 2.17 bits per heavy atom. The van der Waals surface area contributed by atoms with Crippen molar-refractivity contribution in [3.05, 3.63) is 88.2 Å². The SMILES string of the molecule is CC(C)c1cc2c(c(-c3ccc(F)cc3)c1[C@@H](O)c1ccc(C(C)(C)C)cc1)[C@@H](O)CC1(CCC1)O2. The Morgan fingerprint density at radius 2 is 1.64 bits per heavy atom. The van der Waals surface area contributed by atoms with Gasteiger partial charge < -0.3 is 14.9 Å². The summed E-state index contributed by atoms with van der Waals surface area (Å²) in [6, 6.07) is 16.5. The van der Waals surface area contributed by atoms with Gasteiger partial charge in [-0.3, -0.25) is 0 Å². The van der Waals surface area contributed by atoms with Crippen LogP contribution in [0.4, 0.5) is 4.39 Å². The highest BCUT2D eigenvalue weighted by Crippen LogP contribution is 2.54. The highest BCUT2D eigenvalue weighted by Gasteiger charge is 2.47. The molecule has 190 valence electrons. The summed E-state index contributed by atoms with van der Waals surface area (Å²) in [4.78, 5) is 0. The van der Waals surface area contributed by atoms with E-state index in [4.69, 9.17) is 4.74 Å². The molecule has 0 aromatic heterocycles. The molecule has 2 aliphatic rings. The number of hydrogen-bond donors (Lipinski definition) is 2. The molecule has 2 N–H and O–H groups in total. The molecule has 3 aromatic rings. The number of halogens is 1. The van der Waals surface area contributed by atoms with Crippen molar-refractivity contribution < 1.29 is 19.3 Å². The third-order valence-electron chi connectivity index (χ3n) is 8.01. The van der Waals surface area contributed by atoms with Gasteiger partial charge in [-0.15, -0.1) is 0 Å². The standard InChI is InChI=1S/C32H37FO3/c1-19(2)24-17-26-29(25(34)18-32(36-26)15-6-16-32)27(20-9-13-23(33)14-10-20)28(24)30(35)21-7-11-22(12-8-21)31(3,4)5/h7-14,17,19,25,30,34-35H,6,15-16,18H2,1-5H3/t25-,30-/m0/s1. The predicted molar refractivity (Wildman–Crippen MR) is 142 cm³/mol. The normalized spacial score (nSPS) is 19.5. The van der Waals surface area contributed by atoms with E-state index in [0.29, 0.717) is 17.7 Å². The number of aliphatic hydroxyl groups excluding tert-OH is 2. The maximum absolute atomic E-state index is 13.9. The van der Waals surface area contributed by atoms with Gasteiger partial charge in [0.05, 0.1) is 6.10 Å². The van der Waals surface area contributed by atoms with Crippen LogP contribution in [-0.4, -0.2) is 15.8 Å². The van der Waals surface area contributed by atoms with Crippen LogP contribution in [0, 0.1) is 5.82 Å². The molecule has 4 heteroatoms. The number of fused-ring (bicyclic) bond motifs is 1. The van der Waals surface area contributed by atoms with Crippen LogP contribution in [0.5, 0.6) is 5.75 Å². The first-order chi connectivity index (χ1) is 17.0. The highest BCUT2D eigenvalue weighted by molar-refractivity contribution is 5.78. The summed E-state index contributed by atoms with van der Waals surface area (Å²) in [6.07, 6.45) is 1.89. The van der Waals surface area contributed by atoms with Gasteiger partial charge in [-0.1, -0.05) is 71.0 Å². The van der Waals surface area contributed by atoms with Crippen molar-refractivity contribution >= 4 is 0 Å². The molecule has 0 radical (unpaired) electrons. The van der Waals surface area contributed by atoms with E-state index < -0.39 is 12.2 Å². The van der Waals surface area contributed by atoms with Crippen LogP contribution in [0.1, 0.15) is 106 Å². The number of aliphatic hydroxyl groups is 2. The van der Waals surface area contributed by atoms with Crippen molar-refractivity contribution in [3.63, 3.8) is 0 Å². The fraction of sp³-hybridized carbons (Fsp3) is 0.438. The molecule has 2 atom stereocenters. The Kier molecular flexibility index (Phi) is 6.25. The van der Waals surface area contributed by atoms with Gasteiger partial charge in [0.15, 0.2) is 0 Å². The zero-order valence-corrected chi connectivity index (χ0v) is 21.9. The van der Waals surface area contributed by atoms with Crippen molar-refractivity contribution in [1.29, 1.82) is 0 Å². The molecule has 0 bridgehead atoms. The Hall–Kier alpha value is -2.69. The Bertz CT molecular complexity index is 1250. The fourth-order valence-electron chi connectivity index (χ4n) is 5.76. The summed E-state index contributed by atoms with van der Waals surface area (Å²) in [5, 5.41) is 23.3. The zero-order valence-electron chi connectivity index (χ0n) is 21.9. The predicted octanol–water partition coefficient (Wildman–Crippen LogP) is 7.73. The van der Waals surface area contributed by atoms with E-state index in [1.165, 1.54) is 17.7 Å². The number of benzene rings is 3. The minimum absolute atomic E-state index is 0.0105. The lowest BCUT2D eigenvalue weighted by atomic mass is 9.71. The van der Waals surface area contributed by atoms with Crippen molar-refractivity contribution in [2.45, 2.75) is 89.4 Å². The van der Waals surface area contributed by atoms with Gasteiger partial charge in [-0.2, -0.15) is 0 Å². The lowest BCUT2D eigenvalue weighted by molar-refractivity contribution is -0.0662. The van der Waals surface area contributed by atoms with Crippen molar-refractivity contribution in [1.82, 2.24) is 0 Å². The van der Waals surface area contributed by atoms with Crippen LogP contribution in [0.3, 0.4) is 0 Å². The topological polar surface area (TPSA) is 49.7 Å². The molecule has 5 rings (SSSR count). The van der Waals surface area contributed by atoms with Crippen LogP contribution < -0.4 is 4.74 Å². The summed E-state index contributed by atoms with van der Waals surface area (Å²) in [5.41, 5.74) is 5.64. The van der Waals surface area contributed by atoms with Gasteiger partial charge in [-0.25, -0.2) is 4.39 Å². The molecule has 36 heavy (non-hydrogen) atoms. The van der Waals surface area contributed by atoms with Crippen LogP contribution >= 0.6 is 0 Å². The van der Waals surface area contributed by atoms with Crippen LogP contribution in [0.25, 0.3) is 11.1 Å². The first-order valence-electron chi connectivity index (χ1n) is 13.1. The lowest BCUT2D eigenvalue weighted by Crippen LogP contribution is -2.47. The molecule has 1 aliphatic carbocycles. The number of rotatable bonds is 4. The minimum Gasteiger partial charge on any atom is -0.487 e. The van der Waals surface area contributed by atoms with Gasteiger partial charge >= 0.3 is 0 Å². The molecule has 1 saturated carbocycles. The summed E-state index contributed by atoms with van der Waals surface area (Å²) in [7, 11) is 0. The second-order valence-corrected chi connectivity index (χ2v) is 12.0. The van der Waals surface area contributed by atoms with Crippen molar-refractivity contribution in [2.24, 2.45) is 0 Å². The maximum atomic E-state index is 13.9. The van der Waals surface area contributed by atoms with E-state index in [1.54, 1.807) is 12.1 Å². The van der Waals surface area contributed by atoms with Gasteiger partial charge in [0.2, 0.25) is 0 Å². The van der Waals surface area contributed by atoms with E-state index in [-0.39, 0.29) is 22.8 Å². The van der Waals surface area contributed by atoms with Crippen molar-refractivity contribution in [3.8, 4) is 16.9 Å². The molecule has 0 saturated heterocycles. The molecule has 1 fully saturated rings. The smallest absolute Gasteiger partial charge is 0.126 e. The van der Waals surface area contributed by atoms with Gasteiger partial charge in [0, 0.05) is 12.0 Å². The van der Waals surface area contributed by atoms with Crippen LogP contribution in [0.15, 0.2) is 54.6 Å². The third kappa shape index (κ3) is 4.35. The fourth-order valence-corrected chi connectivity index (χ4v) is 5.76. The summed E-state index contributed by atoms with van der Waals surface area (Å²) < 4.78 is 20.5. The summed E-state index contributed by atoms with van der Waals surface area (Å²) in [5.74, 6) is 0.473. The molecule has 1 aliphatic heterocycles. The van der Waals surface area contributed by atoms with Gasteiger partial charge in [0.1, 0.15) is 23.3 Å². The first-order valence-corrected chi connectivity index (χ1v) is 13.1. The van der Waals surface area contributed by atoms with E-state index in [2.05, 4.69) is 46.8 Å². The zero-order chi connectivity index (χ0) is 25.8. The van der Waals surface area contributed by atoms with E-state index in [9.17, 15) is 14.6 Å². The molecule has 1 spiro atoms. The molecule has 3 aromatic carbocycles. The molecule has 0 unspecified atom stereocenters. The van der Waals surface area contributed by atoms with Crippen LogP contribution in [0.2, 0.25) is 0 Å². The minimum atomic E-state index is -0.909. The van der Waals surface area contributed by atoms with E-state index in [1.807, 2.05) is 18.2 Å². The number of hydrogen-bond acceptors (Lipinski definition) is 3. The third-order valence-corrected chi connectivity index (χ3v) is 8.01. The van der Waals surface area contributed by atoms with Gasteiger partial charge in [-0.05, 0) is 82.2 Å². The summed E-state index contributed by atoms with van der Waals surface area (Å²) >= 11 is 0. The second-order valence-electron chi connectivity index (χ2n) is 12.0. The van der Waals surface area contributed by atoms with Crippen molar-refractivity contribution in [2.75, 3.05) is 0 Å². The van der Waals surface area contributed by atoms with E-state index >= 15 is 0 Å².